The molecule has 0 saturated heterocycles. The second kappa shape index (κ2) is 5.87. The molecule has 0 aliphatic rings. The van der Waals surface area contributed by atoms with E-state index < -0.39 is 5.60 Å². The molecule has 0 aliphatic carbocycles. The molecule has 0 aliphatic heterocycles. The van der Waals surface area contributed by atoms with Gasteiger partial charge in [0.15, 0.2) is 0 Å². The zero-order valence-corrected chi connectivity index (χ0v) is 9.58. The summed E-state index contributed by atoms with van der Waals surface area (Å²) in [4.78, 5) is 0. The van der Waals surface area contributed by atoms with E-state index in [1.54, 1.807) is 12.3 Å². The number of hydrogen-bond acceptors (Lipinski definition) is 2. The maximum absolute atomic E-state index is 8.49. The van der Waals surface area contributed by atoms with Gasteiger partial charge in [-0.1, -0.05) is 43.0 Å². The molecule has 0 spiro atoms. The van der Waals surface area contributed by atoms with Gasteiger partial charge in [-0.25, -0.2) is 0 Å². The molecule has 0 N–H and O–H groups in total. The Bertz CT molecular complexity index is 340. The second-order valence-corrected chi connectivity index (χ2v) is 3.74. The van der Waals surface area contributed by atoms with Crippen molar-refractivity contribution in [1.82, 2.24) is 0 Å². The van der Waals surface area contributed by atoms with Crippen molar-refractivity contribution in [3.05, 3.63) is 48.6 Å². The molecule has 0 aromatic rings. The van der Waals surface area contributed by atoms with Crippen molar-refractivity contribution in [2.45, 2.75) is 26.4 Å². The van der Waals surface area contributed by atoms with Gasteiger partial charge in [-0.05, 0) is 26.3 Å². The van der Waals surface area contributed by atoms with Gasteiger partial charge in [-0.15, -0.1) is 0 Å². The van der Waals surface area contributed by atoms with Gasteiger partial charge in [0.2, 0.25) is 0 Å². The zero-order chi connectivity index (χ0) is 11.9. The van der Waals surface area contributed by atoms with Crippen LogP contribution in [0.25, 0.3) is 0 Å². The molecule has 80 valence electrons. The Labute approximate surface area is 91.9 Å². The molecule has 0 atom stereocenters. The summed E-state index contributed by atoms with van der Waals surface area (Å²) in [6, 6.07) is 0. The Balaban J connectivity index is 4.84. The maximum Gasteiger partial charge on any atom is 0.287 e. The first-order valence-corrected chi connectivity index (χ1v) is 4.68. The van der Waals surface area contributed by atoms with Gasteiger partial charge >= 0.3 is 0 Å². The predicted molar refractivity (Wildman–Crippen MR) is 63.0 cm³/mol. The molecular formula is C13H17NO. The van der Waals surface area contributed by atoms with Crippen molar-refractivity contribution in [3.63, 3.8) is 0 Å². The lowest BCUT2D eigenvalue weighted by atomic mass is 9.97. The summed E-state index contributed by atoms with van der Waals surface area (Å²) >= 11 is 0. The molecule has 0 fully saturated rings. The molecule has 0 heterocycles. The highest BCUT2D eigenvalue weighted by atomic mass is 16.5. The van der Waals surface area contributed by atoms with Crippen LogP contribution < -0.4 is 0 Å². The van der Waals surface area contributed by atoms with E-state index in [9.17, 15) is 0 Å². The molecule has 2 heteroatoms. The molecule has 0 saturated carbocycles. The van der Waals surface area contributed by atoms with E-state index >= 15 is 0 Å². The van der Waals surface area contributed by atoms with Gasteiger partial charge in [0.05, 0.1) is 0 Å². The molecule has 0 amide bonds. The lowest BCUT2D eigenvalue weighted by Crippen LogP contribution is -2.23. The standard InChI is InChI=1S/C13H17NO/c1-6-12(9-7-8-11(2)3)13(4,5)15-10-14/h6-9H,1-2H2,3-5H3/b8-7+,12-9+. The zero-order valence-electron chi connectivity index (χ0n) is 9.58. The van der Waals surface area contributed by atoms with Crippen molar-refractivity contribution in [3.8, 4) is 6.26 Å². The highest BCUT2D eigenvalue weighted by Gasteiger charge is 2.22. The van der Waals surface area contributed by atoms with Crippen molar-refractivity contribution < 1.29 is 4.74 Å². The molecule has 15 heavy (non-hydrogen) atoms. The predicted octanol–water partition coefficient (Wildman–Crippen LogP) is 3.51. The van der Waals surface area contributed by atoms with Crippen LogP contribution in [0.15, 0.2) is 48.6 Å². The minimum absolute atomic E-state index is 0.643. The highest BCUT2D eigenvalue weighted by molar-refractivity contribution is 5.31. The fourth-order valence-electron chi connectivity index (χ4n) is 1.00. The fourth-order valence-corrected chi connectivity index (χ4v) is 1.00. The summed E-state index contributed by atoms with van der Waals surface area (Å²) in [5, 5.41) is 8.49. The van der Waals surface area contributed by atoms with Gasteiger partial charge in [0, 0.05) is 0 Å². The summed E-state index contributed by atoms with van der Waals surface area (Å²) in [5.74, 6) is 0. The number of nitrogens with zero attached hydrogens (tertiary/aromatic N) is 1. The van der Waals surface area contributed by atoms with Crippen molar-refractivity contribution in [2.24, 2.45) is 0 Å². The van der Waals surface area contributed by atoms with Crippen molar-refractivity contribution >= 4 is 0 Å². The van der Waals surface area contributed by atoms with E-state index in [0.29, 0.717) is 0 Å². The Morgan fingerprint density at radius 3 is 2.47 bits per heavy atom. The van der Waals surface area contributed by atoms with Crippen LogP contribution in [-0.4, -0.2) is 5.60 Å². The van der Waals surface area contributed by atoms with E-state index in [-0.39, 0.29) is 0 Å². The smallest absolute Gasteiger partial charge is 0.287 e. The summed E-state index contributed by atoms with van der Waals surface area (Å²) in [7, 11) is 0. The average molecular weight is 203 g/mol. The van der Waals surface area contributed by atoms with Crippen LogP contribution >= 0.6 is 0 Å². The number of allylic oxidation sites excluding steroid dienone is 4. The van der Waals surface area contributed by atoms with Gasteiger partial charge in [-0.2, -0.15) is 5.26 Å². The SMILES string of the molecule is C=C/C(=C\C=C\C(=C)C)C(C)(C)OC#N. The largest absolute Gasteiger partial charge is 0.417 e. The highest BCUT2D eigenvalue weighted by Crippen LogP contribution is 2.21. The molecule has 2 nitrogen and oxygen atoms in total. The normalized spacial score (nSPS) is 12.3. The quantitative estimate of drug-likeness (QED) is 0.506. The molecule has 0 unspecified atom stereocenters. The Kier molecular flexibility index (Phi) is 5.19. The van der Waals surface area contributed by atoms with Crippen LogP contribution in [-0.2, 0) is 4.74 Å². The molecular weight excluding hydrogens is 186 g/mol. The fraction of sp³-hybridized carbons (Fsp3) is 0.308. The van der Waals surface area contributed by atoms with Crippen LogP contribution in [0.1, 0.15) is 20.8 Å². The van der Waals surface area contributed by atoms with Crippen molar-refractivity contribution in [2.75, 3.05) is 0 Å². The topological polar surface area (TPSA) is 33.0 Å². The summed E-state index contributed by atoms with van der Waals surface area (Å²) < 4.78 is 4.95. The molecule has 0 aromatic heterocycles. The van der Waals surface area contributed by atoms with Crippen molar-refractivity contribution in [1.29, 1.82) is 5.26 Å². The molecule has 0 aromatic carbocycles. The monoisotopic (exact) mass is 203 g/mol. The van der Waals surface area contributed by atoms with E-state index in [1.165, 1.54) is 0 Å². The molecule has 0 radical (unpaired) electrons. The first-order valence-electron chi connectivity index (χ1n) is 4.68. The number of ether oxygens (including phenoxy) is 1. The summed E-state index contributed by atoms with van der Waals surface area (Å²) in [6.45, 7) is 13.0. The maximum atomic E-state index is 8.49. The Hall–Kier alpha value is -1.75. The third kappa shape index (κ3) is 4.87. The second-order valence-electron chi connectivity index (χ2n) is 3.74. The molecule has 0 bridgehead atoms. The van der Waals surface area contributed by atoms with Crippen LogP contribution in [0.4, 0.5) is 0 Å². The van der Waals surface area contributed by atoms with E-state index in [2.05, 4.69) is 13.2 Å². The van der Waals surface area contributed by atoms with Gasteiger partial charge in [0.25, 0.3) is 6.26 Å². The summed E-state index contributed by atoms with van der Waals surface area (Å²) in [5.41, 5.74) is 1.17. The van der Waals surface area contributed by atoms with Crippen LogP contribution in [0.5, 0.6) is 0 Å². The van der Waals surface area contributed by atoms with E-state index in [0.717, 1.165) is 11.1 Å². The van der Waals surface area contributed by atoms with Crippen LogP contribution in [0, 0.1) is 11.5 Å². The lowest BCUT2D eigenvalue weighted by Gasteiger charge is -2.22. The molecule has 0 rings (SSSR count). The minimum atomic E-state index is -0.643. The van der Waals surface area contributed by atoms with Crippen LogP contribution in [0.3, 0.4) is 0 Å². The van der Waals surface area contributed by atoms with Gasteiger partial charge in [-0.3, -0.25) is 0 Å². The first-order chi connectivity index (χ1) is 6.94. The average Bonchev–Trinajstić information content (AvgIpc) is 2.11. The third-order valence-electron chi connectivity index (χ3n) is 1.87. The Morgan fingerprint density at radius 2 is 2.07 bits per heavy atom. The summed E-state index contributed by atoms with van der Waals surface area (Å²) in [6.07, 6.45) is 8.98. The first kappa shape index (κ1) is 13.2. The van der Waals surface area contributed by atoms with E-state index in [4.69, 9.17) is 10.00 Å². The number of hydrogen-bond donors (Lipinski definition) is 0. The minimum Gasteiger partial charge on any atom is -0.417 e. The third-order valence-corrected chi connectivity index (χ3v) is 1.87. The van der Waals surface area contributed by atoms with Gasteiger partial charge in [0.1, 0.15) is 5.60 Å². The Morgan fingerprint density at radius 1 is 1.47 bits per heavy atom. The number of rotatable bonds is 5. The lowest BCUT2D eigenvalue weighted by molar-refractivity contribution is 0.113. The van der Waals surface area contributed by atoms with Gasteiger partial charge < -0.3 is 4.74 Å². The number of nitriles is 1. The van der Waals surface area contributed by atoms with E-state index in [1.807, 2.05) is 39.0 Å². The van der Waals surface area contributed by atoms with Crippen LogP contribution in [0.2, 0.25) is 0 Å².